The number of nitrogens with zero attached hydrogens (tertiary/aromatic N) is 3. The molecule has 9 nitrogen and oxygen atoms in total. The zero-order chi connectivity index (χ0) is 24.0. The number of rotatable bonds is 8. The number of amides is 1. The Morgan fingerprint density at radius 1 is 1.14 bits per heavy atom. The van der Waals surface area contributed by atoms with E-state index in [1.165, 1.54) is 19.3 Å². The fourth-order valence-electron chi connectivity index (χ4n) is 4.50. The lowest BCUT2D eigenvalue weighted by atomic mass is 9.95. The molecular formula is C26H31N8O+. The zero-order valence-corrected chi connectivity index (χ0v) is 19.9. The summed E-state index contributed by atoms with van der Waals surface area (Å²) in [6.45, 7) is 2.50. The first kappa shape index (κ1) is 22.8. The van der Waals surface area contributed by atoms with Gasteiger partial charge in [-0.05, 0) is 55.7 Å². The van der Waals surface area contributed by atoms with Crippen LogP contribution in [-0.4, -0.2) is 38.4 Å². The van der Waals surface area contributed by atoms with Crippen LogP contribution in [0.1, 0.15) is 53.7 Å². The first-order chi connectivity index (χ1) is 17.2. The van der Waals surface area contributed by atoms with Crippen LogP contribution in [0.5, 0.6) is 0 Å². The quantitative estimate of drug-likeness (QED) is 0.309. The monoisotopic (exact) mass is 471 g/mol. The summed E-state index contributed by atoms with van der Waals surface area (Å²) >= 11 is 0. The number of hydrogen-bond acceptors (Lipinski definition) is 6. The van der Waals surface area contributed by atoms with Crippen LogP contribution in [0.4, 0.5) is 17.5 Å². The molecule has 0 bridgehead atoms. The van der Waals surface area contributed by atoms with E-state index in [2.05, 4.69) is 35.9 Å². The molecule has 5 rings (SSSR count). The Labute approximate surface area is 204 Å². The van der Waals surface area contributed by atoms with Crippen LogP contribution >= 0.6 is 0 Å². The number of H-pyrrole nitrogens is 2. The highest BCUT2D eigenvalue weighted by atomic mass is 16.1. The van der Waals surface area contributed by atoms with Crippen molar-refractivity contribution in [1.82, 2.24) is 25.3 Å². The summed E-state index contributed by atoms with van der Waals surface area (Å²) in [5, 5.41) is 9.90. The number of nitrogens with one attached hydrogen (secondary N) is 5. The average molecular weight is 472 g/mol. The van der Waals surface area contributed by atoms with Crippen molar-refractivity contribution in [2.75, 3.05) is 17.2 Å². The van der Waals surface area contributed by atoms with Gasteiger partial charge >= 0.3 is 11.6 Å². The zero-order valence-electron chi connectivity index (χ0n) is 19.9. The van der Waals surface area contributed by atoms with E-state index in [4.69, 9.17) is 4.98 Å². The number of anilines is 3. The number of imidazole rings is 1. The van der Waals surface area contributed by atoms with Gasteiger partial charge in [0.05, 0.1) is 0 Å². The molecule has 1 aliphatic rings. The minimum Gasteiger partial charge on any atom is -0.364 e. The Kier molecular flexibility index (Phi) is 6.83. The number of benzene rings is 1. The third kappa shape index (κ3) is 5.56. The molecule has 1 aromatic carbocycles. The van der Waals surface area contributed by atoms with Gasteiger partial charge in [0.2, 0.25) is 5.52 Å². The van der Waals surface area contributed by atoms with E-state index < -0.39 is 0 Å². The van der Waals surface area contributed by atoms with Crippen molar-refractivity contribution in [3.8, 4) is 0 Å². The van der Waals surface area contributed by atoms with Crippen LogP contribution in [0, 0.1) is 6.92 Å². The van der Waals surface area contributed by atoms with Crippen LogP contribution in [0.2, 0.25) is 0 Å². The van der Waals surface area contributed by atoms with Crippen LogP contribution in [-0.2, 0) is 6.42 Å². The molecule has 0 radical (unpaired) electrons. The molecule has 1 aliphatic carbocycles. The molecular weight excluding hydrogens is 440 g/mol. The Morgan fingerprint density at radius 2 is 2.03 bits per heavy atom. The molecule has 0 spiro atoms. The van der Waals surface area contributed by atoms with Gasteiger partial charge in [0.15, 0.2) is 12.1 Å². The largest absolute Gasteiger partial charge is 0.364 e. The predicted octanol–water partition coefficient (Wildman–Crippen LogP) is 3.94. The number of hydrogen-bond donors (Lipinski definition) is 4. The maximum Gasteiger partial charge on any atom is 0.307 e. The second kappa shape index (κ2) is 10.5. The predicted molar refractivity (Wildman–Crippen MR) is 136 cm³/mol. The molecule has 4 aromatic rings. The molecule has 0 aliphatic heterocycles. The van der Waals surface area contributed by atoms with Gasteiger partial charge in [-0.25, -0.2) is 4.98 Å². The number of pyridine rings is 1. The molecule has 180 valence electrons. The van der Waals surface area contributed by atoms with E-state index in [0.29, 0.717) is 30.5 Å². The molecule has 5 N–H and O–H groups in total. The van der Waals surface area contributed by atoms with Crippen molar-refractivity contribution in [2.24, 2.45) is 0 Å². The fourth-order valence-corrected chi connectivity index (χ4v) is 4.50. The van der Waals surface area contributed by atoms with E-state index in [1.54, 1.807) is 12.5 Å². The molecule has 35 heavy (non-hydrogen) atoms. The van der Waals surface area contributed by atoms with Crippen LogP contribution < -0.4 is 20.9 Å². The summed E-state index contributed by atoms with van der Waals surface area (Å²) in [6.07, 6.45) is 10.3. The maximum atomic E-state index is 12.6. The number of aromatic nitrogens is 5. The summed E-state index contributed by atoms with van der Waals surface area (Å²) in [6, 6.07) is 11.8. The third-order valence-electron chi connectivity index (χ3n) is 6.41. The highest BCUT2D eigenvalue weighted by Gasteiger charge is 2.21. The Hall–Kier alpha value is -4.01. The summed E-state index contributed by atoms with van der Waals surface area (Å²) in [7, 11) is 0. The lowest BCUT2D eigenvalue weighted by Crippen LogP contribution is -2.26. The summed E-state index contributed by atoms with van der Waals surface area (Å²) < 4.78 is 0. The molecule has 1 saturated carbocycles. The van der Waals surface area contributed by atoms with Gasteiger partial charge in [-0.2, -0.15) is 4.98 Å². The van der Waals surface area contributed by atoms with Gasteiger partial charge in [0.1, 0.15) is 0 Å². The minimum atomic E-state index is -0.103. The Bertz CT molecular complexity index is 1300. The fraction of sp³-hybridized carbons (Fsp3) is 0.346. The van der Waals surface area contributed by atoms with Crippen LogP contribution in [0.15, 0.2) is 48.9 Å². The minimum absolute atomic E-state index is 0.103. The molecule has 9 heteroatoms. The molecule has 3 heterocycles. The first-order valence-electron chi connectivity index (χ1n) is 12.2. The van der Waals surface area contributed by atoms with E-state index in [9.17, 15) is 4.79 Å². The van der Waals surface area contributed by atoms with Crippen molar-refractivity contribution < 1.29 is 9.78 Å². The number of carbonyl (C=O) groups excluding carboxylic acids is 1. The lowest BCUT2D eigenvalue weighted by molar-refractivity contribution is -0.347. The second-order valence-electron chi connectivity index (χ2n) is 9.01. The van der Waals surface area contributed by atoms with Gasteiger partial charge in [-0.1, -0.05) is 30.3 Å². The smallest absolute Gasteiger partial charge is 0.307 e. The topological polar surface area (TPSA) is 122 Å². The molecule has 0 unspecified atom stereocenters. The normalized spacial score (nSPS) is 14.1. The van der Waals surface area contributed by atoms with Crippen LogP contribution in [0.3, 0.4) is 0 Å². The molecule has 0 atom stereocenters. The van der Waals surface area contributed by atoms with Crippen molar-refractivity contribution in [3.63, 3.8) is 0 Å². The van der Waals surface area contributed by atoms with E-state index in [0.717, 1.165) is 46.8 Å². The van der Waals surface area contributed by atoms with Crippen molar-refractivity contribution in [3.05, 3.63) is 65.7 Å². The van der Waals surface area contributed by atoms with Gasteiger partial charge < -0.3 is 16.0 Å². The molecule has 3 aromatic heterocycles. The number of fused-ring (bicyclic) bond motifs is 1. The maximum absolute atomic E-state index is 12.6. The molecule has 1 amide bonds. The van der Waals surface area contributed by atoms with Gasteiger partial charge in [0, 0.05) is 42.1 Å². The summed E-state index contributed by atoms with van der Waals surface area (Å²) in [4.78, 5) is 32.6. The van der Waals surface area contributed by atoms with Gasteiger partial charge in [-0.3, -0.25) is 14.8 Å². The van der Waals surface area contributed by atoms with E-state index >= 15 is 0 Å². The number of aryl methyl sites for hydroxylation is 1. The Morgan fingerprint density at radius 3 is 2.83 bits per heavy atom. The Balaban J connectivity index is 1.26. The average Bonchev–Trinajstić information content (AvgIpc) is 3.36. The summed E-state index contributed by atoms with van der Waals surface area (Å²) in [5.74, 6) is 1.20. The first-order valence-corrected chi connectivity index (χ1v) is 12.2. The van der Waals surface area contributed by atoms with Crippen molar-refractivity contribution in [2.45, 2.75) is 51.5 Å². The summed E-state index contributed by atoms with van der Waals surface area (Å²) in [5.41, 5.74) is 4.97. The standard InChI is InChI=1S/C26H30N8O/c1-17-15-18(25(35)28-14-12-19-7-5-6-13-27-19)10-11-21(17)32-26-33-23-22(29-16-30-23)24(34-26)31-20-8-3-2-4-9-20/h5-7,10-11,13,15-16,20H,2-4,8-9,12,14H2,1H3,(H,28,35)(H3,29,30,31,32,33,34)/p+1. The molecule has 1 fully saturated rings. The van der Waals surface area contributed by atoms with Gasteiger partial charge in [0.25, 0.3) is 5.91 Å². The molecule has 0 saturated heterocycles. The second-order valence-corrected chi connectivity index (χ2v) is 9.01. The number of carbonyl (C=O) groups is 1. The van der Waals surface area contributed by atoms with Crippen molar-refractivity contribution in [1.29, 1.82) is 0 Å². The lowest BCUT2D eigenvalue weighted by Gasteiger charge is -2.23. The highest BCUT2D eigenvalue weighted by molar-refractivity contribution is 5.95. The van der Waals surface area contributed by atoms with Crippen molar-refractivity contribution >= 4 is 34.5 Å². The van der Waals surface area contributed by atoms with Crippen LogP contribution in [0.25, 0.3) is 11.2 Å². The highest BCUT2D eigenvalue weighted by Crippen LogP contribution is 2.26. The SMILES string of the molecule is Cc1cc(C(=O)NCCc2ccccn2)ccc1Nc1nc(NC2CCCCC2)c2[nH]c[nH+]c2n1. The van der Waals surface area contributed by atoms with E-state index in [1.807, 2.05) is 43.3 Å². The van der Waals surface area contributed by atoms with Gasteiger partial charge in [-0.15, -0.1) is 0 Å². The number of aromatic amines is 2. The van der Waals surface area contributed by atoms with E-state index in [-0.39, 0.29) is 5.91 Å². The third-order valence-corrected chi connectivity index (χ3v) is 6.41.